The maximum absolute atomic E-state index is 11.6. The van der Waals surface area contributed by atoms with Gasteiger partial charge in [0.05, 0.1) is 12.7 Å². The predicted octanol–water partition coefficient (Wildman–Crippen LogP) is 1.32. The van der Waals surface area contributed by atoms with Crippen LogP contribution in [0.2, 0.25) is 0 Å². The SMILES string of the molecule is COC(=O)c1cc(N)ccc1Sc1ncn[nH]1. The molecule has 0 radical (unpaired) electrons. The van der Waals surface area contributed by atoms with E-state index in [0.29, 0.717) is 21.3 Å². The summed E-state index contributed by atoms with van der Waals surface area (Å²) in [6.07, 6.45) is 1.40. The Morgan fingerprint density at radius 2 is 2.35 bits per heavy atom. The zero-order valence-corrected chi connectivity index (χ0v) is 9.82. The molecule has 0 aliphatic carbocycles. The minimum atomic E-state index is -0.431. The second kappa shape index (κ2) is 4.88. The molecule has 1 heterocycles. The number of nitrogens with zero attached hydrogens (tertiary/aromatic N) is 2. The number of rotatable bonds is 3. The number of H-pyrrole nitrogens is 1. The average molecular weight is 250 g/mol. The summed E-state index contributed by atoms with van der Waals surface area (Å²) >= 11 is 1.29. The normalized spacial score (nSPS) is 10.2. The second-order valence-corrected chi connectivity index (χ2v) is 4.17. The molecular formula is C10H10N4O2S. The summed E-state index contributed by atoms with van der Waals surface area (Å²) in [6, 6.07) is 5.03. The molecule has 7 heteroatoms. The quantitative estimate of drug-likeness (QED) is 0.630. The summed E-state index contributed by atoms with van der Waals surface area (Å²) in [6.45, 7) is 0. The molecule has 0 saturated carbocycles. The average Bonchev–Trinajstić information content (AvgIpc) is 2.83. The third-order valence-electron chi connectivity index (χ3n) is 2.01. The van der Waals surface area contributed by atoms with Crippen LogP contribution in [0.1, 0.15) is 10.4 Å². The van der Waals surface area contributed by atoms with Crippen LogP contribution in [-0.4, -0.2) is 28.3 Å². The summed E-state index contributed by atoms with van der Waals surface area (Å²) in [4.78, 5) is 16.3. The van der Waals surface area contributed by atoms with E-state index in [-0.39, 0.29) is 0 Å². The topological polar surface area (TPSA) is 93.9 Å². The number of hydrogen-bond donors (Lipinski definition) is 2. The number of nitrogen functional groups attached to an aromatic ring is 1. The largest absolute Gasteiger partial charge is 0.465 e. The lowest BCUT2D eigenvalue weighted by molar-refractivity contribution is 0.0597. The van der Waals surface area contributed by atoms with Gasteiger partial charge in [-0.2, -0.15) is 5.10 Å². The number of ether oxygens (including phenoxy) is 1. The lowest BCUT2D eigenvalue weighted by Crippen LogP contribution is -2.04. The third kappa shape index (κ3) is 2.56. The number of benzene rings is 1. The van der Waals surface area contributed by atoms with Gasteiger partial charge in [-0.05, 0) is 30.0 Å². The zero-order valence-electron chi connectivity index (χ0n) is 9.01. The van der Waals surface area contributed by atoms with Gasteiger partial charge in [-0.15, -0.1) is 0 Å². The number of anilines is 1. The van der Waals surface area contributed by atoms with Crippen molar-refractivity contribution < 1.29 is 9.53 Å². The van der Waals surface area contributed by atoms with Gasteiger partial charge in [-0.1, -0.05) is 0 Å². The van der Waals surface area contributed by atoms with Gasteiger partial charge < -0.3 is 10.5 Å². The highest BCUT2D eigenvalue weighted by molar-refractivity contribution is 7.99. The smallest absolute Gasteiger partial charge is 0.339 e. The minimum absolute atomic E-state index is 0.411. The van der Waals surface area contributed by atoms with E-state index in [4.69, 9.17) is 10.5 Å². The molecule has 0 atom stereocenters. The Balaban J connectivity index is 2.35. The summed E-state index contributed by atoms with van der Waals surface area (Å²) < 4.78 is 4.70. The third-order valence-corrected chi connectivity index (χ3v) is 2.97. The number of carbonyl (C=O) groups excluding carboxylic acids is 1. The van der Waals surface area contributed by atoms with Crippen LogP contribution < -0.4 is 5.73 Å². The van der Waals surface area contributed by atoms with Crippen molar-refractivity contribution in [3.63, 3.8) is 0 Å². The van der Waals surface area contributed by atoms with Crippen LogP contribution in [0.15, 0.2) is 34.6 Å². The molecular weight excluding hydrogens is 240 g/mol. The fourth-order valence-electron chi connectivity index (χ4n) is 1.25. The molecule has 6 nitrogen and oxygen atoms in total. The van der Waals surface area contributed by atoms with Gasteiger partial charge in [0.15, 0.2) is 5.16 Å². The Hall–Kier alpha value is -2.02. The molecule has 0 fully saturated rings. The van der Waals surface area contributed by atoms with E-state index >= 15 is 0 Å². The molecule has 88 valence electrons. The Labute approximate surface area is 102 Å². The van der Waals surface area contributed by atoms with Gasteiger partial charge >= 0.3 is 5.97 Å². The number of aromatic amines is 1. The van der Waals surface area contributed by atoms with E-state index in [9.17, 15) is 4.79 Å². The Kier molecular flexibility index (Phi) is 3.29. The van der Waals surface area contributed by atoms with E-state index in [1.165, 1.54) is 25.2 Å². The van der Waals surface area contributed by atoms with E-state index in [2.05, 4.69) is 15.2 Å². The number of methoxy groups -OCH3 is 1. The van der Waals surface area contributed by atoms with Gasteiger partial charge in [-0.25, -0.2) is 9.78 Å². The lowest BCUT2D eigenvalue weighted by Gasteiger charge is -2.06. The summed E-state index contributed by atoms with van der Waals surface area (Å²) in [5.41, 5.74) is 6.56. The van der Waals surface area contributed by atoms with Crippen molar-refractivity contribution in [2.24, 2.45) is 0 Å². The highest BCUT2D eigenvalue weighted by Crippen LogP contribution is 2.29. The predicted molar refractivity (Wildman–Crippen MR) is 62.7 cm³/mol. The molecule has 0 bridgehead atoms. The number of nitrogens with one attached hydrogen (secondary N) is 1. The van der Waals surface area contributed by atoms with Crippen LogP contribution in [0.25, 0.3) is 0 Å². The minimum Gasteiger partial charge on any atom is -0.465 e. The first-order chi connectivity index (χ1) is 8.20. The fraction of sp³-hybridized carbons (Fsp3) is 0.100. The number of aromatic nitrogens is 3. The number of hydrogen-bond acceptors (Lipinski definition) is 6. The van der Waals surface area contributed by atoms with Crippen LogP contribution >= 0.6 is 11.8 Å². The molecule has 17 heavy (non-hydrogen) atoms. The second-order valence-electron chi connectivity index (χ2n) is 3.14. The monoisotopic (exact) mass is 250 g/mol. The molecule has 0 amide bonds. The van der Waals surface area contributed by atoms with Gasteiger partial charge in [0, 0.05) is 10.6 Å². The molecule has 1 aromatic carbocycles. The van der Waals surface area contributed by atoms with Crippen LogP contribution in [0.3, 0.4) is 0 Å². The molecule has 2 rings (SSSR count). The van der Waals surface area contributed by atoms with Crippen molar-refractivity contribution in [1.82, 2.24) is 15.2 Å². The van der Waals surface area contributed by atoms with E-state index in [0.717, 1.165) is 0 Å². The maximum atomic E-state index is 11.6. The van der Waals surface area contributed by atoms with Crippen molar-refractivity contribution in [3.05, 3.63) is 30.1 Å². The van der Waals surface area contributed by atoms with Crippen molar-refractivity contribution in [2.45, 2.75) is 10.1 Å². The summed E-state index contributed by atoms with van der Waals surface area (Å²) in [5, 5.41) is 7.03. The molecule has 3 N–H and O–H groups in total. The van der Waals surface area contributed by atoms with E-state index < -0.39 is 5.97 Å². The van der Waals surface area contributed by atoms with Crippen LogP contribution in [0, 0.1) is 0 Å². The van der Waals surface area contributed by atoms with Crippen molar-refractivity contribution in [1.29, 1.82) is 0 Å². The molecule has 0 unspecified atom stereocenters. The van der Waals surface area contributed by atoms with Crippen molar-refractivity contribution in [3.8, 4) is 0 Å². The maximum Gasteiger partial charge on any atom is 0.339 e. The van der Waals surface area contributed by atoms with Crippen molar-refractivity contribution >= 4 is 23.4 Å². The highest BCUT2D eigenvalue weighted by Gasteiger charge is 2.14. The van der Waals surface area contributed by atoms with Gasteiger partial charge in [0.25, 0.3) is 0 Å². The zero-order chi connectivity index (χ0) is 12.3. The Morgan fingerprint density at radius 3 is 3.00 bits per heavy atom. The number of nitrogens with two attached hydrogens (primary N) is 1. The molecule has 1 aromatic heterocycles. The molecule has 0 spiro atoms. The first kappa shape index (κ1) is 11.5. The van der Waals surface area contributed by atoms with Gasteiger partial charge in [0.2, 0.25) is 0 Å². The number of esters is 1. The summed E-state index contributed by atoms with van der Waals surface area (Å²) in [7, 11) is 1.33. The standard InChI is InChI=1S/C10H10N4O2S/c1-16-9(15)7-4-6(11)2-3-8(7)17-10-12-5-13-14-10/h2-5H,11H2,1H3,(H,12,13,14). The van der Waals surface area contributed by atoms with Crippen LogP contribution in [-0.2, 0) is 4.74 Å². The molecule has 2 aromatic rings. The van der Waals surface area contributed by atoms with E-state index in [1.54, 1.807) is 18.2 Å². The molecule has 0 aliphatic rings. The van der Waals surface area contributed by atoms with Gasteiger partial charge in [0.1, 0.15) is 6.33 Å². The van der Waals surface area contributed by atoms with Crippen LogP contribution in [0.4, 0.5) is 5.69 Å². The first-order valence-electron chi connectivity index (χ1n) is 4.72. The summed E-state index contributed by atoms with van der Waals surface area (Å²) in [5.74, 6) is -0.431. The lowest BCUT2D eigenvalue weighted by atomic mass is 10.2. The number of carbonyl (C=O) groups is 1. The fourth-order valence-corrected chi connectivity index (χ4v) is 2.05. The van der Waals surface area contributed by atoms with E-state index in [1.807, 2.05) is 0 Å². The first-order valence-corrected chi connectivity index (χ1v) is 5.53. The van der Waals surface area contributed by atoms with Gasteiger partial charge in [-0.3, -0.25) is 5.10 Å². The van der Waals surface area contributed by atoms with Crippen molar-refractivity contribution in [2.75, 3.05) is 12.8 Å². The Morgan fingerprint density at radius 1 is 1.53 bits per heavy atom. The Bertz CT molecular complexity index is 527. The molecule has 0 saturated heterocycles. The highest BCUT2D eigenvalue weighted by atomic mass is 32.2. The molecule has 0 aliphatic heterocycles. The van der Waals surface area contributed by atoms with Crippen LogP contribution in [0.5, 0.6) is 0 Å².